The molecule has 0 bridgehead atoms. The third-order valence-electron chi connectivity index (χ3n) is 13.8. The van der Waals surface area contributed by atoms with E-state index in [-0.39, 0.29) is 49.4 Å². The maximum atomic E-state index is 14.7. The van der Waals surface area contributed by atoms with Gasteiger partial charge >= 0.3 is 0 Å². The smallest absolute Gasteiger partial charge is 0.135 e. The van der Waals surface area contributed by atoms with Crippen molar-refractivity contribution in [3.05, 3.63) is 223 Å². The minimum absolute atomic E-state index is 0. The number of hydrogen-bond acceptors (Lipinski definition) is 4. The molecule has 8 heteroatoms. The van der Waals surface area contributed by atoms with Crippen LogP contribution in [0.1, 0.15) is 78.0 Å². The first-order chi connectivity index (χ1) is 34.6. The molecule has 0 fully saturated rings. The SMILES string of the molecule is CC(C)c1ccccc1-c1cc(Oc2[c-]c3c(cc2)c2ccccc2n3-c2cc(C(C)(C)C)ccn2)[c-]c(N2[CH-]N(c3c(-c4ccc(F)cc4)cc(C(C)(C)C)cc3-c3ccc(F)cc3)c3ccccc32)c1.[Pt]. The van der Waals surface area contributed by atoms with Crippen LogP contribution in [-0.4, -0.2) is 9.55 Å². The average molecular weight is 1140 g/mol. The molecule has 2 aromatic heterocycles. The van der Waals surface area contributed by atoms with Gasteiger partial charge in [-0.15, -0.1) is 53.6 Å². The number of aromatic nitrogens is 2. The summed E-state index contributed by atoms with van der Waals surface area (Å²) in [6.45, 7) is 19.7. The zero-order valence-electron chi connectivity index (χ0n) is 42.2. The number of rotatable bonds is 9. The van der Waals surface area contributed by atoms with Crippen LogP contribution in [0, 0.1) is 30.4 Å². The summed E-state index contributed by atoms with van der Waals surface area (Å²) in [4.78, 5) is 9.25. The number of pyridine rings is 1. The number of benzene rings is 8. The Labute approximate surface area is 442 Å². The van der Waals surface area contributed by atoms with Gasteiger partial charge in [-0.3, -0.25) is 0 Å². The predicted octanol–water partition coefficient (Wildman–Crippen LogP) is 18.0. The number of fused-ring (bicyclic) bond motifs is 4. The quantitative estimate of drug-likeness (QED) is 0.135. The van der Waals surface area contributed by atoms with Crippen LogP contribution in [0.15, 0.2) is 176 Å². The molecule has 3 heterocycles. The molecule has 0 aliphatic carbocycles. The van der Waals surface area contributed by atoms with Crippen LogP contribution < -0.4 is 14.5 Å². The molecule has 73 heavy (non-hydrogen) atoms. The summed E-state index contributed by atoms with van der Waals surface area (Å²) in [5, 5.41) is 2.15. The first-order valence-electron chi connectivity index (χ1n) is 24.6. The van der Waals surface area contributed by atoms with Crippen molar-refractivity contribution in [1.29, 1.82) is 0 Å². The van der Waals surface area contributed by atoms with Gasteiger partial charge in [0.15, 0.2) is 0 Å². The van der Waals surface area contributed by atoms with E-state index in [0.29, 0.717) is 11.5 Å². The molecule has 0 atom stereocenters. The van der Waals surface area contributed by atoms with Gasteiger partial charge in [0.1, 0.15) is 17.5 Å². The molecule has 0 radical (unpaired) electrons. The molecule has 0 unspecified atom stereocenters. The number of anilines is 4. The van der Waals surface area contributed by atoms with E-state index in [1.165, 1.54) is 35.4 Å². The topological polar surface area (TPSA) is 33.5 Å². The van der Waals surface area contributed by atoms with Crippen molar-refractivity contribution >= 4 is 44.6 Å². The summed E-state index contributed by atoms with van der Waals surface area (Å²) in [5.41, 5.74) is 14.1. The van der Waals surface area contributed by atoms with E-state index in [2.05, 4.69) is 192 Å². The molecule has 0 amide bonds. The molecule has 10 aromatic rings. The predicted molar refractivity (Wildman–Crippen MR) is 292 cm³/mol. The van der Waals surface area contributed by atoms with E-state index < -0.39 is 0 Å². The second-order valence-electron chi connectivity index (χ2n) is 21.1. The molecule has 8 aromatic carbocycles. The monoisotopic (exact) mass is 1140 g/mol. The maximum Gasteiger partial charge on any atom is 0.135 e. The first kappa shape index (κ1) is 49.2. The Hall–Kier alpha value is -7.34. The number of para-hydroxylation sites is 3. The summed E-state index contributed by atoms with van der Waals surface area (Å²) < 4.78 is 38.5. The number of hydrogen-bond donors (Lipinski definition) is 0. The second kappa shape index (κ2) is 19.3. The zero-order valence-corrected chi connectivity index (χ0v) is 44.4. The van der Waals surface area contributed by atoms with Crippen molar-refractivity contribution in [2.75, 3.05) is 9.80 Å². The molecule has 0 N–H and O–H groups in total. The fourth-order valence-corrected chi connectivity index (χ4v) is 9.94. The van der Waals surface area contributed by atoms with Gasteiger partial charge in [0.05, 0.1) is 0 Å². The normalized spacial score (nSPS) is 12.7. The van der Waals surface area contributed by atoms with Gasteiger partial charge in [-0.2, -0.15) is 6.07 Å². The minimum Gasteiger partial charge on any atom is -0.509 e. The molecular formula is C65H55F2N4OPt-3. The summed E-state index contributed by atoms with van der Waals surface area (Å²) in [5.74, 6) is 1.49. The Morgan fingerprint density at radius 1 is 0.548 bits per heavy atom. The van der Waals surface area contributed by atoms with Gasteiger partial charge in [0.25, 0.3) is 0 Å². The summed E-state index contributed by atoms with van der Waals surface area (Å²) in [6.07, 6.45) is 1.89. The molecule has 1 aliphatic rings. The van der Waals surface area contributed by atoms with Crippen molar-refractivity contribution < 1.29 is 34.6 Å². The van der Waals surface area contributed by atoms with Crippen molar-refractivity contribution in [2.45, 2.75) is 72.1 Å². The van der Waals surface area contributed by atoms with Gasteiger partial charge in [0.2, 0.25) is 0 Å². The van der Waals surface area contributed by atoms with Gasteiger partial charge in [0, 0.05) is 72.5 Å². The summed E-state index contributed by atoms with van der Waals surface area (Å²) in [7, 11) is 0. The van der Waals surface area contributed by atoms with E-state index >= 15 is 0 Å². The Morgan fingerprint density at radius 2 is 1.15 bits per heavy atom. The van der Waals surface area contributed by atoms with E-state index in [4.69, 9.17) is 9.72 Å². The molecular weight excluding hydrogens is 1090 g/mol. The number of halogens is 2. The molecule has 5 nitrogen and oxygen atoms in total. The molecule has 368 valence electrons. The van der Waals surface area contributed by atoms with Gasteiger partial charge in [-0.25, -0.2) is 13.8 Å². The zero-order chi connectivity index (χ0) is 50.1. The summed E-state index contributed by atoms with van der Waals surface area (Å²) >= 11 is 0. The molecule has 0 saturated heterocycles. The van der Waals surface area contributed by atoms with E-state index in [1.807, 2.05) is 48.7 Å². The van der Waals surface area contributed by atoms with Crippen molar-refractivity contribution in [2.24, 2.45) is 0 Å². The Kier molecular flexibility index (Phi) is 13.0. The van der Waals surface area contributed by atoms with Crippen LogP contribution in [-0.2, 0) is 31.9 Å². The van der Waals surface area contributed by atoms with Crippen molar-refractivity contribution in [1.82, 2.24) is 9.55 Å². The van der Waals surface area contributed by atoms with Gasteiger partial charge in [-0.05, 0) is 122 Å². The Morgan fingerprint density at radius 3 is 1.79 bits per heavy atom. The Balaban J connectivity index is 0.00000611. The van der Waals surface area contributed by atoms with E-state index in [0.717, 1.165) is 89.3 Å². The maximum absolute atomic E-state index is 14.7. The van der Waals surface area contributed by atoms with E-state index in [9.17, 15) is 8.78 Å². The van der Waals surface area contributed by atoms with Crippen LogP contribution in [0.5, 0.6) is 11.5 Å². The van der Waals surface area contributed by atoms with Crippen LogP contribution in [0.2, 0.25) is 0 Å². The molecule has 0 saturated carbocycles. The van der Waals surface area contributed by atoms with Gasteiger partial charge < -0.3 is 19.1 Å². The average Bonchev–Trinajstić information content (AvgIpc) is 3.92. The third-order valence-corrected chi connectivity index (χ3v) is 13.8. The second-order valence-corrected chi connectivity index (χ2v) is 21.1. The van der Waals surface area contributed by atoms with Crippen LogP contribution in [0.3, 0.4) is 0 Å². The Bertz CT molecular complexity index is 3610. The molecule has 11 rings (SSSR count). The first-order valence-corrected chi connectivity index (χ1v) is 24.6. The molecule has 0 spiro atoms. The standard InChI is InChI=1S/C65H55F2N4O.Pt/c1-41(2)52-15-9-10-16-53(52)44-33-49(38-51(34-44)72-50-29-30-55-54-17-11-12-18-58(54)71(61(55)39-50)62-37-45(31-32-68-62)64(3,4)5)69-40-70(60-20-14-13-19-59(60)69)63-56(42-21-25-47(66)26-22-42)35-46(65(6,7)8)36-57(63)43-23-27-48(67)28-24-43;/h9-37,40-41H,1-8H3;/q-3;. The number of ether oxygens (including phenoxy) is 1. The van der Waals surface area contributed by atoms with Crippen molar-refractivity contribution in [3.63, 3.8) is 0 Å². The minimum atomic E-state index is -0.314. The number of nitrogens with zero attached hydrogens (tertiary/aromatic N) is 4. The largest absolute Gasteiger partial charge is 0.509 e. The van der Waals surface area contributed by atoms with Crippen molar-refractivity contribution in [3.8, 4) is 50.7 Å². The van der Waals surface area contributed by atoms with Crippen LogP contribution in [0.25, 0.3) is 61.0 Å². The summed E-state index contributed by atoms with van der Waals surface area (Å²) in [6, 6.07) is 62.9. The van der Waals surface area contributed by atoms with E-state index in [1.54, 1.807) is 0 Å². The van der Waals surface area contributed by atoms with Crippen LogP contribution >= 0.6 is 0 Å². The molecule has 1 aliphatic heterocycles. The fourth-order valence-electron chi connectivity index (χ4n) is 9.94. The third kappa shape index (κ3) is 9.36. The van der Waals surface area contributed by atoms with Crippen LogP contribution in [0.4, 0.5) is 31.5 Å². The fraction of sp³-hybridized carbons (Fsp3) is 0.169. The van der Waals surface area contributed by atoms with Gasteiger partial charge in [-0.1, -0.05) is 140 Å².